The van der Waals surface area contributed by atoms with Crippen molar-refractivity contribution in [2.75, 3.05) is 31.8 Å². The van der Waals surface area contributed by atoms with Crippen LogP contribution in [0.1, 0.15) is 6.92 Å². The van der Waals surface area contributed by atoms with Gasteiger partial charge in [0.15, 0.2) is 6.10 Å². The summed E-state index contributed by atoms with van der Waals surface area (Å²) in [5.74, 6) is -1.67. The largest absolute Gasteiger partial charge is 0.480 e. The molecule has 0 aromatic heterocycles. The van der Waals surface area contributed by atoms with Crippen LogP contribution >= 0.6 is 11.8 Å². The molecule has 0 aliphatic rings. The maximum Gasteiger partial charge on any atom is 0.430 e. The Bertz CT molecular complexity index is 499. The average Bonchev–Trinajstić information content (AvgIpc) is 2.50. The fraction of sp³-hybridized carbons (Fsp3) is 0.923. The van der Waals surface area contributed by atoms with Crippen molar-refractivity contribution in [1.82, 2.24) is 5.32 Å². The number of nitrogens with one attached hydrogen (secondary N) is 1. The van der Waals surface area contributed by atoms with E-state index in [1.807, 2.05) is 0 Å². The molecule has 168 valence electrons. The van der Waals surface area contributed by atoms with Crippen molar-refractivity contribution >= 4 is 17.7 Å². The molecule has 0 aliphatic carbocycles. The first-order chi connectivity index (χ1) is 12.5. The lowest BCUT2D eigenvalue weighted by Crippen LogP contribution is -2.58. The van der Waals surface area contributed by atoms with Crippen molar-refractivity contribution in [2.24, 2.45) is 0 Å². The number of carboxylic acids is 1. The zero-order chi connectivity index (χ0) is 22.4. The Morgan fingerprint density at radius 1 is 1.11 bits per heavy atom. The van der Waals surface area contributed by atoms with Crippen LogP contribution in [0.5, 0.6) is 0 Å². The number of methoxy groups -OCH3 is 1. The van der Waals surface area contributed by atoms with Crippen LogP contribution in [0.2, 0.25) is 0 Å². The van der Waals surface area contributed by atoms with Gasteiger partial charge in [0.25, 0.3) is 5.67 Å². The highest BCUT2D eigenvalue weighted by molar-refractivity contribution is 7.99. The maximum atomic E-state index is 13.5. The second-order valence-corrected chi connectivity index (χ2v) is 6.68. The van der Waals surface area contributed by atoms with E-state index in [9.17, 15) is 44.3 Å². The van der Waals surface area contributed by atoms with Gasteiger partial charge in [-0.2, -0.15) is 46.9 Å². The third-order valence-electron chi connectivity index (χ3n) is 3.30. The van der Waals surface area contributed by atoms with E-state index in [1.54, 1.807) is 5.32 Å². The van der Waals surface area contributed by atoms with Crippen LogP contribution in [0.25, 0.3) is 0 Å². The first-order valence-electron chi connectivity index (χ1n) is 7.38. The van der Waals surface area contributed by atoms with E-state index in [4.69, 9.17) is 5.11 Å². The summed E-state index contributed by atoms with van der Waals surface area (Å²) >= 11 is 0.947. The summed E-state index contributed by atoms with van der Waals surface area (Å²) in [6.07, 6.45) is -21.4. The minimum absolute atomic E-state index is 0.198. The molecule has 0 rings (SSSR count). The lowest BCUT2D eigenvalue weighted by Gasteiger charge is -2.34. The van der Waals surface area contributed by atoms with Crippen LogP contribution < -0.4 is 5.32 Å². The molecule has 0 amide bonds. The van der Waals surface area contributed by atoms with Gasteiger partial charge in [-0.15, -0.1) is 0 Å². The van der Waals surface area contributed by atoms with Gasteiger partial charge in [-0.05, 0) is 6.92 Å². The standard InChI is InChI=1S/C13H18F9NO4S/c1-10(14,12(18,19)20)13(21,22)27-8(11(15,16)17)5-23-7(9(24)25)6-28-4-3-26-2/h7-8,23H,3-6H2,1-2H3,(H,24,25). The number of ether oxygens (including phenoxy) is 2. The monoisotopic (exact) mass is 455 g/mol. The highest BCUT2D eigenvalue weighted by Crippen LogP contribution is 2.47. The van der Waals surface area contributed by atoms with Crippen LogP contribution in [0.4, 0.5) is 39.5 Å². The Kier molecular flexibility index (Phi) is 9.87. The summed E-state index contributed by atoms with van der Waals surface area (Å²) in [5.41, 5.74) is -5.41. The fourth-order valence-corrected chi connectivity index (χ4v) is 2.44. The van der Waals surface area contributed by atoms with Crippen molar-refractivity contribution in [3.8, 4) is 0 Å². The molecule has 0 bridgehead atoms. The van der Waals surface area contributed by atoms with Crippen molar-refractivity contribution < 1.29 is 58.9 Å². The molecule has 0 radical (unpaired) electrons. The van der Waals surface area contributed by atoms with Crippen LogP contribution in [0, 0.1) is 0 Å². The van der Waals surface area contributed by atoms with Gasteiger partial charge in [0.2, 0.25) is 0 Å². The summed E-state index contributed by atoms with van der Waals surface area (Å²) in [6, 6.07) is -1.66. The predicted octanol–water partition coefficient (Wildman–Crippen LogP) is 3.24. The second kappa shape index (κ2) is 10.2. The van der Waals surface area contributed by atoms with Gasteiger partial charge in [0.05, 0.1) is 6.61 Å². The van der Waals surface area contributed by atoms with E-state index in [1.165, 1.54) is 7.11 Å². The van der Waals surface area contributed by atoms with E-state index in [0.717, 1.165) is 11.8 Å². The van der Waals surface area contributed by atoms with Gasteiger partial charge in [0.1, 0.15) is 6.04 Å². The summed E-state index contributed by atoms with van der Waals surface area (Å²) in [6.45, 7) is -2.11. The first kappa shape index (κ1) is 27.1. The number of hydrogen-bond acceptors (Lipinski definition) is 5. The SMILES string of the molecule is COCCSCC(NCC(OC(F)(F)C(C)(F)C(F)(F)F)C(F)(F)F)C(=O)O. The molecule has 0 saturated heterocycles. The number of carboxylic acid groups (broad SMARTS) is 1. The highest BCUT2D eigenvalue weighted by Gasteiger charge is 2.70. The molecule has 2 N–H and O–H groups in total. The summed E-state index contributed by atoms with van der Waals surface area (Å²) in [7, 11) is 1.35. The second-order valence-electron chi connectivity index (χ2n) is 5.53. The van der Waals surface area contributed by atoms with E-state index in [-0.39, 0.29) is 18.1 Å². The molecule has 0 aliphatic heterocycles. The van der Waals surface area contributed by atoms with E-state index >= 15 is 0 Å². The Morgan fingerprint density at radius 3 is 2.04 bits per heavy atom. The van der Waals surface area contributed by atoms with Crippen LogP contribution in [0.15, 0.2) is 0 Å². The Balaban J connectivity index is 5.22. The molecular weight excluding hydrogens is 437 g/mol. The molecule has 0 fully saturated rings. The van der Waals surface area contributed by atoms with Gasteiger partial charge in [-0.25, -0.2) is 4.39 Å². The number of rotatable bonds is 12. The number of hydrogen-bond donors (Lipinski definition) is 2. The molecule has 3 unspecified atom stereocenters. The molecule has 0 heterocycles. The van der Waals surface area contributed by atoms with Crippen LogP contribution in [0.3, 0.4) is 0 Å². The van der Waals surface area contributed by atoms with Crippen molar-refractivity contribution in [1.29, 1.82) is 0 Å². The molecule has 0 saturated carbocycles. The van der Waals surface area contributed by atoms with Crippen molar-refractivity contribution in [3.05, 3.63) is 0 Å². The number of halogens is 9. The van der Waals surface area contributed by atoms with Gasteiger partial charge < -0.3 is 19.9 Å². The average molecular weight is 455 g/mol. The van der Waals surface area contributed by atoms with Crippen LogP contribution in [-0.4, -0.2) is 79.1 Å². The van der Waals surface area contributed by atoms with E-state index in [0.29, 0.717) is 0 Å². The molecule has 3 atom stereocenters. The van der Waals surface area contributed by atoms with Crippen LogP contribution in [-0.2, 0) is 14.3 Å². The fourth-order valence-electron chi connectivity index (χ4n) is 1.49. The Labute approximate surface area is 157 Å². The topological polar surface area (TPSA) is 67.8 Å². The lowest BCUT2D eigenvalue weighted by atomic mass is 10.1. The predicted molar refractivity (Wildman–Crippen MR) is 80.1 cm³/mol. The van der Waals surface area contributed by atoms with Gasteiger partial charge in [0, 0.05) is 25.2 Å². The van der Waals surface area contributed by atoms with Gasteiger partial charge >= 0.3 is 24.4 Å². The van der Waals surface area contributed by atoms with Crippen molar-refractivity contribution in [3.63, 3.8) is 0 Å². The Hall–Kier alpha value is -0.930. The molecule has 15 heteroatoms. The Morgan fingerprint density at radius 2 is 1.64 bits per heavy atom. The smallest absolute Gasteiger partial charge is 0.430 e. The number of carbonyl (C=O) groups is 1. The maximum absolute atomic E-state index is 13.5. The highest BCUT2D eigenvalue weighted by atomic mass is 32.2. The number of alkyl halides is 9. The molecule has 28 heavy (non-hydrogen) atoms. The zero-order valence-corrected chi connectivity index (χ0v) is 15.3. The first-order valence-corrected chi connectivity index (χ1v) is 8.53. The third-order valence-corrected chi connectivity index (χ3v) is 4.32. The normalized spacial score (nSPS) is 17.8. The zero-order valence-electron chi connectivity index (χ0n) is 14.5. The molecule has 0 spiro atoms. The quantitative estimate of drug-likeness (QED) is 0.348. The van der Waals surface area contributed by atoms with Gasteiger partial charge in [-0.1, -0.05) is 0 Å². The minimum atomic E-state index is -6.22. The summed E-state index contributed by atoms with van der Waals surface area (Å²) in [5, 5.41) is 10.7. The van der Waals surface area contributed by atoms with E-state index in [2.05, 4.69) is 9.47 Å². The molecule has 5 nitrogen and oxygen atoms in total. The molecule has 0 aromatic rings. The number of aliphatic carboxylic acids is 1. The minimum Gasteiger partial charge on any atom is -0.480 e. The van der Waals surface area contributed by atoms with Gasteiger partial charge in [-0.3, -0.25) is 4.79 Å². The summed E-state index contributed by atoms with van der Waals surface area (Å²) < 4.78 is 124. The van der Waals surface area contributed by atoms with Crippen molar-refractivity contribution in [2.45, 2.75) is 43.2 Å². The third kappa shape index (κ3) is 7.83. The molecule has 0 aromatic carbocycles. The molecular formula is C13H18F9NO4S. The summed E-state index contributed by atoms with van der Waals surface area (Å²) in [4.78, 5) is 11.0. The number of thioether (sulfide) groups is 1. The van der Waals surface area contributed by atoms with E-state index < -0.39 is 55.7 Å². The lowest BCUT2D eigenvalue weighted by molar-refractivity contribution is -0.406.